The van der Waals surface area contributed by atoms with Gasteiger partial charge in [-0.15, -0.1) is 0 Å². The molecule has 6 heteroatoms. The summed E-state index contributed by atoms with van der Waals surface area (Å²) in [6.07, 6.45) is 6.12. The smallest absolute Gasteiger partial charge is 0.152 e. The molecule has 1 unspecified atom stereocenters. The van der Waals surface area contributed by atoms with E-state index in [-0.39, 0.29) is 0 Å². The molecular weight excluding hydrogens is 316 g/mol. The first kappa shape index (κ1) is 16.1. The van der Waals surface area contributed by atoms with Crippen molar-refractivity contribution in [2.24, 2.45) is 0 Å². The van der Waals surface area contributed by atoms with Crippen LogP contribution >= 0.6 is 0 Å². The van der Waals surface area contributed by atoms with Gasteiger partial charge in [-0.05, 0) is 43.2 Å². The molecule has 0 amide bonds. The van der Waals surface area contributed by atoms with Crippen molar-refractivity contribution in [3.8, 4) is 11.5 Å². The fourth-order valence-electron chi connectivity index (χ4n) is 3.20. The lowest BCUT2D eigenvalue weighted by molar-refractivity contribution is 0.0651. The Bertz CT molecular complexity index is 764. The van der Waals surface area contributed by atoms with Gasteiger partial charge in [0.2, 0.25) is 0 Å². The molecule has 1 N–H and O–H groups in total. The van der Waals surface area contributed by atoms with E-state index < -0.39 is 0 Å². The highest BCUT2D eigenvalue weighted by atomic mass is 16.5. The number of pyridine rings is 1. The van der Waals surface area contributed by atoms with E-state index in [4.69, 9.17) is 9.15 Å². The molecule has 130 valence electrons. The molecule has 25 heavy (non-hydrogen) atoms. The van der Waals surface area contributed by atoms with E-state index in [0.717, 1.165) is 62.0 Å². The zero-order valence-corrected chi connectivity index (χ0v) is 14.1. The third-order valence-corrected chi connectivity index (χ3v) is 4.40. The number of rotatable bonds is 7. The van der Waals surface area contributed by atoms with E-state index in [1.165, 1.54) is 0 Å². The molecule has 4 rings (SSSR count). The summed E-state index contributed by atoms with van der Waals surface area (Å²) in [5.41, 5.74) is 1.95. The normalized spacial score (nSPS) is 17.4. The fraction of sp³-hybridized carbons (Fsp3) is 0.368. The monoisotopic (exact) mass is 338 g/mol. The van der Waals surface area contributed by atoms with Crippen molar-refractivity contribution in [2.45, 2.75) is 32.0 Å². The molecule has 0 aliphatic carbocycles. The average Bonchev–Trinajstić information content (AvgIpc) is 3.38. The van der Waals surface area contributed by atoms with Gasteiger partial charge in [0.25, 0.3) is 0 Å². The minimum atomic E-state index is 0.297. The largest absolute Gasteiger partial charge is 0.458 e. The van der Waals surface area contributed by atoms with Crippen molar-refractivity contribution in [3.63, 3.8) is 0 Å². The maximum absolute atomic E-state index is 5.99. The number of nitrogens with one attached hydrogen (secondary N) is 1. The van der Waals surface area contributed by atoms with E-state index in [9.17, 15) is 0 Å². The number of aromatic nitrogens is 3. The van der Waals surface area contributed by atoms with Gasteiger partial charge in [0.1, 0.15) is 11.5 Å². The van der Waals surface area contributed by atoms with E-state index in [1.54, 1.807) is 6.20 Å². The summed E-state index contributed by atoms with van der Waals surface area (Å²) in [4.78, 5) is 6.80. The van der Waals surface area contributed by atoms with Gasteiger partial charge in [-0.2, -0.15) is 5.10 Å². The minimum absolute atomic E-state index is 0.297. The first-order chi connectivity index (χ1) is 12.4. The van der Waals surface area contributed by atoms with Crippen LogP contribution in [0.15, 0.2) is 53.2 Å². The molecular formula is C19H22N4O2. The van der Waals surface area contributed by atoms with Crippen LogP contribution in [-0.2, 0) is 17.8 Å². The molecule has 0 radical (unpaired) electrons. The number of nitrogens with zero attached hydrogens (tertiary/aromatic N) is 3. The standard InChI is InChI=1S/C19H22N4O2/c1-2-9-20-15(4-1)12-23(13-16-5-3-11-24-16)14-17-6-7-19(25-17)18-8-10-21-22-18/h1-2,4,6-10,16H,3,5,11-14H2,(H,21,22). The first-order valence-corrected chi connectivity index (χ1v) is 8.69. The molecule has 3 aromatic rings. The van der Waals surface area contributed by atoms with Gasteiger partial charge in [0.15, 0.2) is 5.76 Å². The summed E-state index contributed by atoms with van der Waals surface area (Å²) in [6.45, 7) is 3.26. The van der Waals surface area contributed by atoms with Crippen LogP contribution in [-0.4, -0.2) is 39.3 Å². The summed E-state index contributed by atoms with van der Waals surface area (Å²) >= 11 is 0. The number of aromatic amines is 1. The minimum Gasteiger partial charge on any atom is -0.458 e. The van der Waals surface area contributed by atoms with Crippen LogP contribution in [0.25, 0.3) is 11.5 Å². The van der Waals surface area contributed by atoms with Crippen LogP contribution in [0.5, 0.6) is 0 Å². The Labute approximate surface area is 146 Å². The van der Waals surface area contributed by atoms with Crippen molar-refractivity contribution in [2.75, 3.05) is 13.2 Å². The molecule has 6 nitrogen and oxygen atoms in total. The Hall–Kier alpha value is -2.44. The molecule has 0 spiro atoms. The lowest BCUT2D eigenvalue weighted by Gasteiger charge is -2.24. The van der Waals surface area contributed by atoms with Gasteiger partial charge in [-0.1, -0.05) is 6.07 Å². The third kappa shape index (κ3) is 4.15. The molecule has 1 aliphatic rings. The molecule has 3 aromatic heterocycles. The van der Waals surface area contributed by atoms with Crippen LogP contribution in [0.2, 0.25) is 0 Å². The van der Waals surface area contributed by atoms with E-state index >= 15 is 0 Å². The highest BCUT2D eigenvalue weighted by Crippen LogP contribution is 2.22. The van der Waals surface area contributed by atoms with Crippen LogP contribution in [0, 0.1) is 0 Å². The summed E-state index contributed by atoms with van der Waals surface area (Å²) in [5, 5.41) is 6.90. The molecule has 1 saturated heterocycles. The molecule has 0 aromatic carbocycles. The van der Waals surface area contributed by atoms with Crippen molar-refractivity contribution in [3.05, 3.63) is 60.2 Å². The predicted octanol–water partition coefficient (Wildman–Crippen LogP) is 3.25. The van der Waals surface area contributed by atoms with Crippen LogP contribution in [0.3, 0.4) is 0 Å². The lowest BCUT2D eigenvalue weighted by atomic mass is 10.2. The second-order valence-electron chi connectivity index (χ2n) is 6.36. The van der Waals surface area contributed by atoms with Gasteiger partial charge >= 0.3 is 0 Å². The van der Waals surface area contributed by atoms with Crippen LogP contribution in [0.1, 0.15) is 24.3 Å². The van der Waals surface area contributed by atoms with Crippen molar-refractivity contribution in [1.82, 2.24) is 20.1 Å². The number of furan rings is 1. The zero-order valence-electron chi connectivity index (χ0n) is 14.1. The Morgan fingerprint density at radius 1 is 1.12 bits per heavy atom. The van der Waals surface area contributed by atoms with Crippen molar-refractivity contribution < 1.29 is 9.15 Å². The highest BCUT2D eigenvalue weighted by Gasteiger charge is 2.21. The SMILES string of the molecule is c1ccc(CN(Cc2ccc(-c3ccn[nH]3)o2)CC2CCCO2)nc1. The lowest BCUT2D eigenvalue weighted by Crippen LogP contribution is -2.31. The molecule has 4 heterocycles. The fourth-order valence-corrected chi connectivity index (χ4v) is 3.20. The van der Waals surface area contributed by atoms with Gasteiger partial charge in [-0.3, -0.25) is 15.0 Å². The third-order valence-electron chi connectivity index (χ3n) is 4.40. The Balaban J connectivity index is 1.47. The maximum atomic E-state index is 5.99. The zero-order chi connectivity index (χ0) is 16.9. The highest BCUT2D eigenvalue weighted by molar-refractivity contribution is 5.51. The molecule has 0 saturated carbocycles. The summed E-state index contributed by atoms with van der Waals surface area (Å²) in [5.74, 6) is 1.74. The topological polar surface area (TPSA) is 67.2 Å². The molecule has 1 fully saturated rings. The molecule has 1 aliphatic heterocycles. The van der Waals surface area contributed by atoms with E-state index in [2.05, 4.69) is 26.1 Å². The quantitative estimate of drug-likeness (QED) is 0.716. The van der Waals surface area contributed by atoms with Gasteiger partial charge in [-0.25, -0.2) is 0 Å². The maximum Gasteiger partial charge on any atom is 0.152 e. The predicted molar refractivity (Wildman–Crippen MR) is 93.6 cm³/mol. The Morgan fingerprint density at radius 3 is 2.88 bits per heavy atom. The second-order valence-corrected chi connectivity index (χ2v) is 6.36. The number of H-pyrrole nitrogens is 1. The Morgan fingerprint density at radius 2 is 2.12 bits per heavy atom. The Kier molecular flexibility index (Phi) is 4.90. The van der Waals surface area contributed by atoms with Gasteiger partial charge < -0.3 is 9.15 Å². The molecule has 1 atom stereocenters. The van der Waals surface area contributed by atoms with E-state index in [0.29, 0.717) is 6.10 Å². The first-order valence-electron chi connectivity index (χ1n) is 8.69. The summed E-state index contributed by atoms with van der Waals surface area (Å²) in [6, 6.07) is 11.9. The number of hydrogen-bond acceptors (Lipinski definition) is 5. The summed E-state index contributed by atoms with van der Waals surface area (Å²) < 4.78 is 11.8. The van der Waals surface area contributed by atoms with Crippen LogP contribution in [0.4, 0.5) is 0 Å². The van der Waals surface area contributed by atoms with Crippen molar-refractivity contribution in [1.29, 1.82) is 0 Å². The van der Waals surface area contributed by atoms with Crippen molar-refractivity contribution >= 4 is 0 Å². The van der Waals surface area contributed by atoms with E-state index in [1.807, 2.05) is 36.5 Å². The number of ether oxygens (including phenoxy) is 1. The number of hydrogen-bond donors (Lipinski definition) is 1. The molecule has 0 bridgehead atoms. The van der Waals surface area contributed by atoms with Gasteiger partial charge in [0, 0.05) is 32.1 Å². The van der Waals surface area contributed by atoms with Crippen LogP contribution < -0.4 is 0 Å². The summed E-state index contributed by atoms with van der Waals surface area (Å²) in [7, 11) is 0. The second kappa shape index (κ2) is 7.63. The van der Waals surface area contributed by atoms with Gasteiger partial charge in [0.05, 0.1) is 18.3 Å². The average molecular weight is 338 g/mol.